The maximum absolute atomic E-state index is 12.0. The van der Waals surface area contributed by atoms with Gasteiger partial charge in [-0.25, -0.2) is 9.78 Å². The highest BCUT2D eigenvalue weighted by molar-refractivity contribution is 7.22. The van der Waals surface area contributed by atoms with Crippen LogP contribution in [0.15, 0.2) is 42.5 Å². The largest absolute Gasteiger partial charge is 0.497 e. The Morgan fingerprint density at radius 3 is 2.58 bits per heavy atom. The summed E-state index contributed by atoms with van der Waals surface area (Å²) in [6, 6.07) is 9.71. The van der Waals surface area contributed by atoms with Gasteiger partial charge in [-0.05, 0) is 30.3 Å². The molecule has 1 aromatic heterocycles. The van der Waals surface area contributed by atoms with Crippen molar-refractivity contribution >= 4 is 44.3 Å². The number of benzene rings is 2. The van der Waals surface area contributed by atoms with Crippen molar-refractivity contribution < 1.29 is 19.2 Å². The van der Waals surface area contributed by atoms with Crippen LogP contribution in [-0.4, -0.2) is 29.0 Å². The summed E-state index contributed by atoms with van der Waals surface area (Å²) in [5, 5.41) is 15.6. The molecule has 132 valence electrons. The van der Waals surface area contributed by atoms with E-state index in [1.54, 1.807) is 12.1 Å². The molecule has 0 saturated heterocycles. The smallest absolute Gasteiger partial charge is 0.327 e. The lowest BCUT2D eigenvalue weighted by Crippen LogP contribution is -2.34. The Hall–Kier alpha value is -3.53. The number of carbonyl (C=O) groups excluding carboxylic acids is 2. The van der Waals surface area contributed by atoms with Gasteiger partial charge >= 0.3 is 6.03 Å². The Morgan fingerprint density at radius 2 is 1.92 bits per heavy atom. The van der Waals surface area contributed by atoms with E-state index in [2.05, 4.69) is 15.6 Å². The second-order valence-corrected chi connectivity index (χ2v) is 6.10. The number of carbonyl (C=O) groups is 2. The summed E-state index contributed by atoms with van der Waals surface area (Å²) in [7, 11) is 1.51. The highest BCUT2D eigenvalue weighted by atomic mass is 32.1. The van der Waals surface area contributed by atoms with Crippen molar-refractivity contribution in [2.24, 2.45) is 0 Å². The monoisotopic (exact) mass is 372 g/mol. The molecule has 3 amide bonds. The summed E-state index contributed by atoms with van der Waals surface area (Å²) in [6.07, 6.45) is 0. The number of methoxy groups -OCH3 is 1. The zero-order valence-corrected chi connectivity index (χ0v) is 14.2. The fourth-order valence-electron chi connectivity index (χ4n) is 2.13. The number of thiazole rings is 1. The topological polar surface area (TPSA) is 123 Å². The minimum atomic E-state index is -0.751. The fourth-order valence-corrected chi connectivity index (χ4v) is 3.02. The first kappa shape index (κ1) is 17.3. The number of urea groups is 1. The van der Waals surface area contributed by atoms with Gasteiger partial charge in [-0.15, -0.1) is 0 Å². The first-order valence-electron chi connectivity index (χ1n) is 7.27. The van der Waals surface area contributed by atoms with Gasteiger partial charge in [-0.1, -0.05) is 11.3 Å². The molecule has 0 aliphatic carbocycles. The third-order valence-corrected chi connectivity index (χ3v) is 4.32. The SMILES string of the molecule is COc1ccc(C(=O)NC(=O)Nc2nc3ccc([N+](=O)[O-])cc3s2)cc1. The first-order valence-corrected chi connectivity index (χ1v) is 8.09. The van der Waals surface area contributed by atoms with Crippen molar-refractivity contribution in [3.63, 3.8) is 0 Å². The molecule has 3 aromatic rings. The number of nitro groups is 1. The van der Waals surface area contributed by atoms with Crippen molar-refractivity contribution in [2.45, 2.75) is 0 Å². The standard InChI is InChI=1S/C16H12N4O5S/c1-25-11-5-2-9(3-6-11)14(21)18-15(22)19-16-17-12-7-4-10(20(23)24)8-13(12)26-16/h2-8H,1H3,(H2,17,18,19,21,22). The van der Waals surface area contributed by atoms with Crippen molar-refractivity contribution in [1.82, 2.24) is 10.3 Å². The van der Waals surface area contributed by atoms with Gasteiger partial charge < -0.3 is 4.74 Å². The number of hydrogen-bond donors (Lipinski definition) is 2. The van der Waals surface area contributed by atoms with Gasteiger partial charge in [-0.3, -0.25) is 25.5 Å². The summed E-state index contributed by atoms with van der Waals surface area (Å²) >= 11 is 1.07. The van der Waals surface area contributed by atoms with Gasteiger partial charge in [0.2, 0.25) is 0 Å². The minimum absolute atomic E-state index is 0.0631. The van der Waals surface area contributed by atoms with E-state index < -0.39 is 16.9 Å². The lowest BCUT2D eigenvalue weighted by atomic mass is 10.2. The molecule has 0 atom stereocenters. The molecule has 9 nitrogen and oxygen atoms in total. The lowest BCUT2D eigenvalue weighted by molar-refractivity contribution is -0.384. The Balaban J connectivity index is 1.68. The molecule has 0 bridgehead atoms. The summed E-state index contributed by atoms with van der Waals surface area (Å²) in [5.41, 5.74) is 0.741. The van der Waals surface area contributed by atoms with Crippen molar-refractivity contribution in [2.75, 3.05) is 12.4 Å². The van der Waals surface area contributed by atoms with E-state index in [1.165, 1.54) is 37.4 Å². The molecule has 10 heteroatoms. The van der Waals surface area contributed by atoms with Crippen LogP contribution in [0, 0.1) is 10.1 Å². The van der Waals surface area contributed by atoms with E-state index in [0.717, 1.165) is 11.3 Å². The maximum atomic E-state index is 12.0. The molecule has 2 aromatic carbocycles. The normalized spacial score (nSPS) is 10.3. The molecular formula is C16H12N4O5S. The minimum Gasteiger partial charge on any atom is -0.497 e. The van der Waals surface area contributed by atoms with E-state index in [0.29, 0.717) is 21.5 Å². The Bertz CT molecular complexity index is 1000. The number of rotatable bonds is 4. The van der Waals surface area contributed by atoms with E-state index in [1.807, 2.05) is 0 Å². The Morgan fingerprint density at radius 1 is 1.19 bits per heavy atom. The highest BCUT2D eigenvalue weighted by Crippen LogP contribution is 2.29. The number of anilines is 1. The van der Waals surface area contributed by atoms with Gasteiger partial charge in [0.25, 0.3) is 11.6 Å². The van der Waals surface area contributed by atoms with E-state index in [4.69, 9.17) is 4.74 Å². The summed E-state index contributed by atoms with van der Waals surface area (Å²) in [4.78, 5) is 38.4. The third-order valence-electron chi connectivity index (χ3n) is 3.38. The number of amides is 3. The molecule has 0 unspecified atom stereocenters. The van der Waals surface area contributed by atoms with Crippen LogP contribution in [0.1, 0.15) is 10.4 Å². The average Bonchev–Trinajstić information content (AvgIpc) is 3.02. The molecule has 2 N–H and O–H groups in total. The van der Waals surface area contributed by atoms with E-state index >= 15 is 0 Å². The van der Waals surface area contributed by atoms with Crippen LogP contribution in [-0.2, 0) is 0 Å². The number of nitrogens with zero attached hydrogens (tertiary/aromatic N) is 2. The van der Waals surface area contributed by atoms with Crippen molar-refractivity contribution in [3.05, 3.63) is 58.1 Å². The Kier molecular flexibility index (Phi) is 4.76. The quantitative estimate of drug-likeness (QED) is 0.535. The van der Waals surface area contributed by atoms with Crippen LogP contribution in [0.5, 0.6) is 5.75 Å². The predicted octanol–water partition coefficient (Wildman–Crippen LogP) is 3.18. The van der Waals surface area contributed by atoms with Gasteiger partial charge in [0.1, 0.15) is 5.75 Å². The molecule has 0 aliphatic rings. The number of aromatic nitrogens is 1. The number of nitro benzene ring substituents is 1. The zero-order chi connectivity index (χ0) is 18.7. The van der Waals surface area contributed by atoms with Crippen LogP contribution in [0.25, 0.3) is 10.2 Å². The maximum Gasteiger partial charge on any atom is 0.327 e. The summed E-state index contributed by atoms with van der Waals surface area (Å²) in [6.45, 7) is 0. The van der Waals surface area contributed by atoms with Gasteiger partial charge in [0.15, 0.2) is 5.13 Å². The second kappa shape index (κ2) is 7.15. The molecule has 0 radical (unpaired) electrons. The second-order valence-electron chi connectivity index (χ2n) is 5.06. The van der Waals surface area contributed by atoms with E-state index in [-0.39, 0.29) is 10.8 Å². The van der Waals surface area contributed by atoms with Crippen LogP contribution < -0.4 is 15.4 Å². The molecule has 0 spiro atoms. The number of hydrogen-bond acceptors (Lipinski definition) is 7. The lowest BCUT2D eigenvalue weighted by Gasteiger charge is -2.05. The number of non-ortho nitro benzene ring substituents is 1. The van der Waals surface area contributed by atoms with Crippen LogP contribution in [0.4, 0.5) is 15.6 Å². The number of nitrogens with one attached hydrogen (secondary N) is 2. The van der Waals surface area contributed by atoms with Gasteiger partial charge in [0, 0.05) is 17.7 Å². The number of fused-ring (bicyclic) bond motifs is 1. The zero-order valence-electron chi connectivity index (χ0n) is 13.4. The Labute approximate surface area is 150 Å². The van der Waals surface area contributed by atoms with Crippen molar-refractivity contribution in [3.8, 4) is 5.75 Å². The van der Waals surface area contributed by atoms with Crippen LogP contribution in [0.3, 0.4) is 0 Å². The van der Waals surface area contributed by atoms with Crippen LogP contribution in [0.2, 0.25) is 0 Å². The fraction of sp³-hybridized carbons (Fsp3) is 0.0625. The molecule has 0 fully saturated rings. The number of imide groups is 1. The van der Waals surface area contributed by atoms with Crippen molar-refractivity contribution in [1.29, 1.82) is 0 Å². The van der Waals surface area contributed by atoms with Gasteiger partial charge in [-0.2, -0.15) is 0 Å². The van der Waals surface area contributed by atoms with Crippen LogP contribution >= 0.6 is 11.3 Å². The molecule has 0 aliphatic heterocycles. The highest BCUT2D eigenvalue weighted by Gasteiger charge is 2.14. The molecule has 26 heavy (non-hydrogen) atoms. The van der Waals surface area contributed by atoms with Gasteiger partial charge in [0.05, 0.1) is 22.2 Å². The predicted molar refractivity (Wildman–Crippen MR) is 95.8 cm³/mol. The molecule has 3 rings (SSSR count). The first-order chi connectivity index (χ1) is 12.5. The molecule has 1 heterocycles. The van der Waals surface area contributed by atoms with E-state index in [9.17, 15) is 19.7 Å². The summed E-state index contributed by atoms with van der Waals surface area (Å²) < 4.78 is 5.55. The molecule has 0 saturated carbocycles. The third kappa shape index (κ3) is 3.75. The number of ether oxygens (including phenoxy) is 1. The molecular weight excluding hydrogens is 360 g/mol. The summed E-state index contributed by atoms with van der Waals surface area (Å²) in [5.74, 6) is 0.0106. The average molecular weight is 372 g/mol.